The van der Waals surface area contributed by atoms with Crippen molar-refractivity contribution in [2.45, 2.75) is 12.8 Å². The lowest BCUT2D eigenvalue weighted by atomic mass is 10.3. The summed E-state index contributed by atoms with van der Waals surface area (Å²) in [6, 6.07) is 4.01. The zero-order valence-electron chi connectivity index (χ0n) is 7.70. The molecule has 2 heterocycles. The van der Waals surface area contributed by atoms with Gasteiger partial charge < -0.3 is 0 Å². The van der Waals surface area contributed by atoms with Crippen molar-refractivity contribution in [3.8, 4) is 10.6 Å². The molecule has 0 amide bonds. The first-order valence-electron chi connectivity index (χ1n) is 4.23. The van der Waals surface area contributed by atoms with Gasteiger partial charge in [-0.25, -0.2) is 4.98 Å². The average Bonchev–Trinajstić information content (AvgIpc) is 2.67. The van der Waals surface area contributed by atoms with E-state index in [9.17, 15) is 0 Å². The zero-order valence-corrected chi connectivity index (χ0v) is 9.27. The van der Waals surface area contributed by atoms with Crippen LogP contribution in [-0.2, 0) is 5.88 Å². The van der Waals surface area contributed by atoms with E-state index in [0.717, 1.165) is 22.0 Å². The van der Waals surface area contributed by atoms with Crippen molar-refractivity contribution >= 4 is 22.9 Å². The molecule has 0 aliphatic heterocycles. The standard InChI is InChI=1S/C10H9ClN2S/c1-7-2-3-8(5-12-7)10-13-9(4-11)6-14-10/h2-3,5-6H,4H2,1H3. The Morgan fingerprint density at radius 3 is 2.86 bits per heavy atom. The lowest BCUT2D eigenvalue weighted by Gasteiger charge is -1.95. The molecule has 0 bridgehead atoms. The SMILES string of the molecule is Cc1ccc(-c2nc(CCl)cs2)cn1. The number of aryl methyl sites for hydroxylation is 1. The number of pyridine rings is 1. The van der Waals surface area contributed by atoms with Gasteiger partial charge in [-0.1, -0.05) is 0 Å². The van der Waals surface area contributed by atoms with Gasteiger partial charge in [0.25, 0.3) is 0 Å². The molecule has 0 atom stereocenters. The maximum Gasteiger partial charge on any atom is 0.125 e. The molecule has 72 valence electrons. The van der Waals surface area contributed by atoms with Crippen LogP contribution in [0.4, 0.5) is 0 Å². The lowest BCUT2D eigenvalue weighted by Crippen LogP contribution is -1.83. The first-order valence-corrected chi connectivity index (χ1v) is 5.64. The van der Waals surface area contributed by atoms with E-state index in [-0.39, 0.29) is 0 Å². The topological polar surface area (TPSA) is 25.8 Å². The first kappa shape index (κ1) is 9.62. The van der Waals surface area contributed by atoms with Crippen LogP contribution in [0.15, 0.2) is 23.7 Å². The van der Waals surface area contributed by atoms with Gasteiger partial charge in [0.05, 0.1) is 11.6 Å². The van der Waals surface area contributed by atoms with Gasteiger partial charge in [0.15, 0.2) is 0 Å². The minimum absolute atomic E-state index is 0.468. The summed E-state index contributed by atoms with van der Waals surface area (Å²) < 4.78 is 0. The fraction of sp³-hybridized carbons (Fsp3) is 0.200. The molecule has 0 fully saturated rings. The van der Waals surface area contributed by atoms with Crippen LogP contribution in [0.2, 0.25) is 0 Å². The van der Waals surface area contributed by atoms with Gasteiger partial charge in [-0.2, -0.15) is 0 Å². The lowest BCUT2D eigenvalue weighted by molar-refractivity contribution is 1.19. The Hall–Kier alpha value is -0.930. The molecule has 2 aromatic heterocycles. The molecular formula is C10H9ClN2S. The highest BCUT2D eigenvalue weighted by molar-refractivity contribution is 7.13. The quantitative estimate of drug-likeness (QED) is 0.732. The third-order valence-corrected chi connectivity index (χ3v) is 3.06. The molecule has 14 heavy (non-hydrogen) atoms. The maximum atomic E-state index is 5.68. The van der Waals surface area contributed by atoms with Crippen molar-refractivity contribution in [3.63, 3.8) is 0 Å². The fourth-order valence-corrected chi connectivity index (χ4v) is 2.13. The molecule has 0 aliphatic rings. The number of hydrogen-bond acceptors (Lipinski definition) is 3. The normalized spacial score (nSPS) is 10.4. The van der Waals surface area contributed by atoms with Crippen molar-refractivity contribution in [1.82, 2.24) is 9.97 Å². The molecule has 2 nitrogen and oxygen atoms in total. The molecule has 4 heteroatoms. The van der Waals surface area contributed by atoms with Crippen molar-refractivity contribution in [1.29, 1.82) is 0 Å². The van der Waals surface area contributed by atoms with Gasteiger partial charge in [0, 0.05) is 22.8 Å². The third-order valence-electron chi connectivity index (χ3n) is 1.85. The molecule has 0 radical (unpaired) electrons. The van der Waals surface area contributed by atoms with E-state index in [0.29, 0.717) is 5.88 Å². The van der Waals surface area contributed by atoms with E-state index in [2.05, 4.69) is 9.97 Å². The monoisotopic (exact) mass is 224 g/mol. The Morgan fingerprint density at radius 1 is 1.43 bits per heavy atom. The van der Waals surface area contributed by atoms with Crippen LogP contribution in [0.25, 0.3) is 10.6 Å². The number of halogens is 1. The molecule has 0 spiro atoms. The van der Waals surface area contributed by atoms with E-state index in [1.807, 2.05) is 30.6 Å². The minimum Gasteiger partial charge on any atom is -0.261 e. The predicted molar refractivity (Wildman–Crippen MR) is 59.6 cm³/mol. The molecule has 2 rings (SSSR count). The number of rotatable bonds is 2. The van der Waals surface area contributed by atoms with Gasteiger partial charge in [0.1, 0.15) is 5.01 Å². The molecule has 0 saturated heterocycles. The van der Waals surface area contributed by atoms with E-state index >= 15 is 0 Å². The van der Waals surface area contributed by atoms with Crippen molar-refractivity contribution in [2.24, 2.45) is 0 Å². The Kier molecular flexibility index (Phi) is 2.79. The van der Waals surface area contributed by atoms with E-state index in [4.69, 9.17) is 11.6 Å². The summed E-state index contributed by atoms with van der Waals surface area (Å²) in [5.74, 6) is 0.468. The van der Waals surface area contributed by atoms with Crippen LogP contribution in [0.5, 0.6) is 0 Å². The largest absolute Gasteiger partial charge is 0.261 e. The molecule has 0 unspecified atom stereocenters. The highest BCUT2D eigenvalue weighted by atomic mass is 35.5. The predicted octanol–water partition coefficient (Wildman–Crippen LogP) is 3.25. The average molecular weight is 225 g/mol. The van der Waals surface area contributed by atoms with Crippen LogP contribution in [-0.4, -0.2) is 9.97 Å². The van der Waals surface area contributed by atoms with Gasteiger partial charge >= 0.3 is 0 Å². The number of hydrogen-bond donors (Lipinski definition) is 0. The smallest absolute Gasteiger partial charge is 0.125 e. The summed E-state index contributed by atoms with van der Waals surface area (Å²) in [6.07, 6.45) is 1.84. The molecule has 0 saturated carbocycles. The van der Waals surface area contributed by atoms with Crippen LogP contribution >= 0.6 is 22.9 Å². The third kappa shape index (κ3) is 1.94. The highest BCUT2D eigenvalue weighted by Crippen LogP contribution is 2.23. The van der Waals surface area contributed by atoms with E-state index in [1.54, 1.807) is 11.3 Å². The molecule has 2 aromatic rings. The Balaban J connectivity index is 2.34. The molecular weight excluding hydrogens is 216 g/mol. The van der Waals surface area contributed by atoms with Crippen LogP contribution < -0.4 is 0 Å². The Bertz CT molecular complexity index is 422. The van der Waals surface area contributed by atoms with E-state index in [1.165, 1.54) is 0 Å². The Morgan fingerprint density at radius 2 is 2.29 bits per heavy atom. The van der Waals surface area contributed by atoms with Crippen molar-refractivity contribution in [3.05, 3.63) is 35.1 Å². The summed E-state index contributed by atoms with van der Waals surface area (Å²) in [7, 11) is 0. The maximum absolute atomic E-state index is 5.68. The fourth-order valence-electron chi connectivity index (χ4n) is 1.10. The van der Waals surface area contributed by atoms with Crippen LogP contribution in [0, 0.1) is 6.92 Å². The summed E-state index contributed by atoms with van der Waals surface area (Å²) in [5, 5.41) is 2.95. The zero-order chi connectivity index (χ0) is 9.97. The van der Waals surface area contributed by atoms with Crippen LogP contribution in [0.3, 0.4) is 0 Å². The van der Waals surface area contributed by atoms with Crippen molar-refractivity contribution in [2.75, 3.05) is 0 Å². The van der Waals surface area contributed by atoms with Crippen molar-refractivity contribution < 1.29 is 0 Å². The minimum atomic E-state index is 0.468. The second kappa shape index (κ2) is 4.07. The number of aromatic nitrogens is 2. The second-order valence-electron chi connectivity index (χ2n) is 2.97. The number of nitrogens with zero attached hydrogens (tertiary/aromatic N) is 2. The van der Waals surface area contributed by atoms with E-state index < -0.39 is 0 Å². The first-order chi connectivity index (χ1) is 6.79. The van der Waals surface area contributed by atoms with Gasteiger partial charge in [0.2, 0.25) is 0 Å². The second-order valence-corrected chi connectivity index (χ2v) is 4.09. The van der Waals surface area contributed by atoms with Gasteiger partial charge in [-0.15, -0.1) is 22.9 Å². The summed E-state index contributed by atoms with van der Waals surface area (Å²) in [4.78, 5) is 8.60. The molecule has 0 aromatic carbocycles. The van der Waals surface area contributed by atoms with Crippen LogP contribution in [0.1, 0.15) is 11.4 Å². The number of alkyl halides is 1. The molecule has 0 N–H and O–H groups in total. The molecule has 0 aliphatic carbocycles. The highest BCUT2D eigenvalue weighted by Gasteiger charge is 2.03. The summed E-state index contributed by atoms with van der Waals surface area (Å²) in [6.45, 7) is 1.97. The van der Waals surface area contributed by atoms with Gasteiger partial charge in [-0.05, 0) is 19.1 Å². The summed E-state index contributed by atoms with van der Waals surface area (Å²) >= 11 is 7.28. The summed E-state index contributed by atoms with van der Waals surface area (Å²) in [5.41, 5.74) is 2.99. The Labute approximate surface area is 91.6 Å². The van der Waals surface area contributed by atoms with Gasteiger partial charge in [-0.3, -0.25) is 4.98 Å². The number of thiazole rings is 1.